The Morgan fingerprint density at radius 3 is 2.65 bits per heavy atom. The van der Waals surface area contributed by atoms with Crippen LogP contribution in [-0.4, -0.2) is 27.2 Å². The molecule has 1 aromatic rings. The Morgan fingerprint density at radius 1 is 1.35 bits per heavy atom. The minimum absolute atomic E-state index is 0.138. The average molecular weight is 297 g/mol. The second kappa shape index (κ2) is 6.30. The maximum atomic E-state index is 12.0. The van der Waals surface area contributed by atoms with Gasteiger partial charge in [0.05, 0.1) is 5.92 Å². The van der Waals surface area contributed by atoms with E-state index in [2.05, 4.69) is 29.4 Å². The van der Waals surface area contributed by atoms with Gasteiger partial charge in [-0.25, -0.2) is 0 Å². The van der Waals surface area contributed by atoms with Crippen LogP contribution in [-0.2, 0) is 16.0 Å². The van der Waals surface area contributed by atoms with Gasteiger partial charge in [0, 0.05) is 12.3 Å². The number of aliphatic carboxylic acids is 1. The van der Waals surface area contributed by atoms with Gasteiger partial charge < -0.3 is 10.4 Å². The van der Waals surface area contributed by atoms with E-state index in [4.69, 9.17) is 5.11 Å². The lowest BCUT2D eigenvalue weighted by atomic mass is 10.0. The highest BCUT2D eigenvalue weighted by Crippen LogP contribution is 2.32. The zero-order chi connectivity index (χ0) is 14.7. The number of carboxylic acids is 1. The molecule has 1 aliphatic carbocycles. The van der Waals surface area contributed by atoms with E-state index in [0.717, 1.165) is 11.4 Å². The molecule has 20 heavy (non-hydrogen) atoms. The van der Waals surface area contributed by atoms with Crippen molar-refractivity contribution in [3.05, 3.63) is 5.01 Å². The summed E-state index contributed by atoms with van der Waals surface area (Å²) in [6, 6.07) is 0. The molecule has 1 heterocycles. The van der Waals surface area contributed by atoms with E-state index in [1.165, 1.54) is 11.3 Å². The summed E-state index contributed by atoms with van der Waals surface area (Å²) in [4.78, 5) is 22.9. The maximum absolute atomic E-state index is 12.0. The molecule has 1 amide bonds. The van der Waals surface area contributed by atoms with Crippen LogP contribution in [0.15, 0.2) is 0 Å². The van der Waals surface area contributed by atoms with Crippen molar-refractivity contribution >= 4 is 28.3 Å². The number of carboxylic acid groups (broad SMARTS) is 1. The third-order valence-corrected chi connectivity index (χ3v) is 4.29. The van der Waals surface area contributed by atoms with Gasteiger partial charge in [-0.3, -0.25) is 9.59 Å². The fourth-order valence-electron chi connectivity index (χ4n) is 2.39. The summed E-state index contributed by atoms with van der Waals surface area (Å²) < 4.78 is 0. The lowest BCUT2D eigenvalue weighted by Crippen LogP contribution is -2.21. The second-order valence-corrected chi connectivity index (χ2v) is 6.70. The van der Waals surface area contributed by atoms with Crippen LogP contribution in [0.1, 0.15) is 38.1 Å². The lowest BCUT2D eigenvalue weighted by Gasteiger charge is -2.07. The first-order chi connectivity index (χ1) is 9.45. The fourth-order valence-corrected chi connectivity index (χ4v) is 3.34. The molecule has 2 N–H and O–H groups in total. The van der Waals surface area contributed by atoms with Gasteiger partial charge in [-0.05, 0) is 25.2 Å². The zero-order valence-electron chi connectivity index (χ0n) is 11.6. The molecular weight excluding hydrogens is 278 g/mol. The minimum atomic E-state index is -0.810. The third-order valence-electron chi connectivity index (χ3n) is 3.43. The largest absolute Gasteiger partial charge is 0.481 e. The van der Waals surface area contributed by atoms with E-state index >= 15 is 0 Å². The number of anilines is 1. The van der Waals surface area contributed by atoms with Crippen molar-refractivity contribution in [2.75, 3.05) is 5.32 Å². The van der Waals surface area contributed by atoms with Gasteiger partial charge in [0.2, 0.25) is 11.0 Å². The molecule has 110 valence electrons. The van der Waals surface area contributed by atoms with Gasteiger partial charge in [-0.2, -0.15) is 0 Å². The quantitative estimate of drug-likeness (QED) is 0.869. The molecule has 1 aromatic heterocycles. The van der Waals surface area contributed by atoms with Crippen LogP contribution in [0, 0.1) is 17.8 Å². The van der Waals surface area contributed by atoms with Gasteiger partial charge in [0.1, 0.15) is 5.01 Å². The number of rotatable bonds is 5. The average Bonchev–Trinajstić information content (AvgIpc) is 2.97. The highest BCUT2D eigenvalue weighted by molar-refractivity contribution is 7.15. The molecule has 6 nitrogen and oxygen atoms in total. The highest BCUT2D eigenvalue weighted by Gasteiger charge is 2.34. The van der Waals surface area contributed by atoms with Gasteiger partial charge in [-0.1, -0.05) is 25.2 Å². The number of aromatic nitrogens is 2. The minimum Gasteiger partial charge on any atom is -0.481 e. The second-order valence-electron chi connectivity index (χ2n) is 5.63. The number of carbonyl (C=O) groups excluding carboxylic acids is 1. The van der Waals surface area contributed by atoms with Crippen LogP contribution in [0.4, 0.5) is 5.13 Å². The third kappa shape index (κ3) is 3.75. The Balaban J connectivity index is 1.88. The summed E-state index contributed by atoms with van der Waals surface area (Å²) in [7, 11) is 0. The van der Waals surface area contributed by atoms with Crippen LogP contribution < -0.4 is 5.32 Å². The maximum Gasteiger partial charge on any atom is 0.306 e. The van der Waals surface area contributed by atoms with Gasteiger partial charge in [0.15, 0.2) is 0 Å². The molecule has 1 aliphatic rings. The Morgan fingerprint density at radius 2 is 2.05 bits per heavy atom. The molecule has 0 radical (unpaired) electrons. The summed E-state index contributed by atoms with van der Waals surface area (Å²) >= 11 is 1.38. The molecule has 7 heteroatoms. The van der Waals surface area contributed by atoms with Crippen molar-refractivity contribution in [2.24, 2.45) is 17.8 Å². The molecule has 0 aromatic carbocycles. The monoisotopic (exact) mass is 297 g/mol. The predicted octanol–water partition coefficient (Wildman–Crippen LogP) is 2.18. The number of carbonyl (C=O) groups is 2. The van der Waals surface area contributed by atoms with E-state index in [0.29, 0.717) is 30.3 Å². The number of amides is 1. The van der Waals surface area contributed by atoms with E-state index in [1.807, 2.05) is 0 Å². The molecule has 2 rings (SSSR count). The first-order valence-corrected chi connectivity index (χ1v) is 7.63. The molecular formula is C13H19N3O3S. The SMILES string of the molecule is CC(C)Cc1nnc(NC(=O)[C@@H]2CC[C@H](C(=O)O)C2)s1. The summed E-state index contributed by atoms with van der Waals surface area (Å²) in [6.45, 7) is 4.20. The normalized spacial score (nSPS) is 22.1. The van der Waals surface area contributed by atoms with Crippen molar-refractivity contribution in [3.8, 4) is 0 Å². The molecule has 0 bridgehead atoms. The number of nitrogens with zero attached hydrogens (tertiary/aromatic N) is 2. The molecule has 2 atom stereocenters. The van der Waals surface area contributed by atoms with Crippen LogP contribution in [0.2, 0.25) is 0 Å². The van der Waals surface area contributed by atoms with Crippen molar-refractivity contribution in [1.29, 1.82) is 0 Å². The Labute approximate surface area is 121 Å². The summed E-state index contributed by atoms with van der Waals surface area (Å²) in [6.07, 6.45) is 2.46. The topological polar surface area (TPSA) is 92.2 Å². The number of nitrogens with one attached hydrogen (secondary N) is 1. The zero-order valence-corrected chi connectivity index (χ0v) is 12.4. The van der Waals surface area contributed by atoms with Gasteiger partial charge >= 0.3 is 5.97 Å². The van der Waals surface area contributed by atoms with E-state index in [-0.39, 0.29) is 11.8 Å². The van der Waals surface area contributed by atoms with Crippen molar-refractivity contribution in [3.63, 3.8) is 0 Å². The predicted molar refractivity (Wildman–Crippen MR) is 75.5 cm³/mol. The molecule has 0 unspecified atom stereocenters. The van der Waals surface area contributed by atoms with Crippen molar-refractivity contribution in [2.45, 2.75) is 39.5 Å². The summed E-state index contributed by atoms with van der Waals surface area (Å²) in [5.41, 5.74) is 0. The molecule has 1 fully saturated rings. The van der Waals surface area contributed by atoms with Crippen LogP contribution in [0.5, 0.6) is 0 Å². The standard InChI is InChI=1S/C13H19N3O3S/c1-7(2)5-10-15-16-13(20-10)14-11(17)8-3-4-9(6-8)12(18)19/h7-9H,3-6H2,1-2H3,(H,18,19)(H,14,16,17)/t8-,9+/m1/s1. The van der Waals surface area contributed by atoms with Crippen LogP contribution in [0.3, 0.4) is 0 Å². The fraction of sp³-hybridized carbons (Fsp3) is 0.692. The van der Waals surface area contributed by atoms with Crippen LogP contribution in [0.25, 0.3) is 0 Å². The summed E-state index contributed by atoms with van der Waals surface area (Å²) in [5.74, 6) is -1.07. The van der Waals surface area contributed by atoms with Gasteiger partial charge in [0.25, 0.3) is 0 Å². The molecule has 0 aliphatic heterocycles. The van der Waals surface area contributed by atoms with Crippen molar-refractivity contribution < 1.29 is 14.7 Å². The van der Waals surface area contributed by atoms with E-state index < -0.39 is 11.9 Å². The molecule has 1 saturated carbocycles. The number of hydrogen-bond donors (Lipinski definition) is 2. The van der Waals surface area contributed by atoms with Crippen molar-refractivity contribution in [1.82, 2.24) is 10.2 Å². The molecule has 0 spiro atoms. The molecule has 0 saturated heterocycles. The van der Waals surface area contributed by atoms with E-state index in [9.17, 15) is 9.59 Å². The van der Waals surface area contributed by atoms with Gasteiger partial charge in [-0.15, -0.1) is 10.2 Å². The Kier molecular flexibility index (Phi) is 4.69. The Bertz CT molecular complexity index is 501. The number of hydrogen-bond acceptors (Lipinski definition) is 5. The smallest absolute Gasteiger partial charge is 0.306 e. The first kappa shape index (κ1) is 14.9. The lowest BCUT2D eigenvalue weighted by molar-refractivity contribution is -0.141. The summed E-state index contributed by atoms with van der Waals surface area (Å²) in [5, 5.41) is 21.1. The first-order valence-electron chi connectivity index (χ1n) is 6.81. The Hall–Kier alpha value is -1.50. The highest BCUT2D eigenvalue weighted by atomic mass is 32.1. The van der Waals surface area contributed by atoms with Crippen LogP contribution >= 0.6 is 11.3 Å². The van der Waals surface area contributed by atoms with E-state index in [1.54, 1.807) is 0 Å².